The first-order chi connectivity index (χ1) is 14.8. The summed E-state index contributed by atoms with van der Waals surface area (Å²) in [6.45, 7) is 1.20. The van der Waals surface area contributed by atoms with Crippen LogP contribution in [-0.4, -0.2) is 21.1 Å². The molecule has 2 aromatic heterocycles. The molecule has 31 heavy (non-hydrogen) atoms. The molecular weight excluding hydrogens is 415 g/mol. The minimum atomic E-state index is -4.56. The van der Waals surface area contributed by atoms with Crippen LogP contribution < -0.4 is 20.5 Å². The summed E-state index contributed by atoms with van der Waals surface area (Å²) >= 11 is 0. The molecule has 0 amide bonds. The smallest absolute Gasteiger partial charge is 0.418 e. The quantitative estimate of drug-likeness (QED) is 0.664. The van der Waals surface area contributed by atoms with Gasteiger partial charge in [-0.25, -0.2) is 4.79 Å². The summed E-state index contributed by atoms with van der Waals surface area (Å²) in [4.78, 5) is 19.3. The minimum absolute atomic E-state index is 0.0238. The minimum Gasteiger partial charge on any atom is -0.473 e. The van der Waals surface area contributed by atoms with E-state index in [1.807, 2.05) is 6.07 Å². The Labute approximate surface area is 173 Å². The number of ether oxygens (including phenoxy) is 2. The normalized spacial score (nSPS) is 12.6. The molecule has 0 spiro atoms. The third-order valence-corrected chi connectivity index (χ3v) is 4.45. The topological polar surface area (TPSA) is 102 Å². The summed E-state index contributed by atoms with van der Waals surface area (Å²) in [5, 5.41) is 12.5. The fourth-order valence-electron chi connectivity index (χ4n) is 2.97. The number of nitriles is 1. The third kappa shape index (κ3) is 4.42. The van der Waals surface area contributed by atoms with Crippen molar-refractivity contribution in [1.29, 1.82) is 5.26 Å². The monoisotopic (exact) mass is 429 g/mol. The van der Waals surface area contributed by atoms with E-state index in [2.05, 4.69) is 15.3 Å². The van der Waals surface area contributed by atoms with E-state index >= 15 is 0 Å². The van der Waals surface area contributed by atoms with Crippen molar-refractivity contribution in [2.24, 2.45) is 0 Å². The number of hydrogen-bond acceptors (Lipinski definition) is 7. The Kier molecular flexibility index (Phi) is 5.21. The highest BCUT2D eigenvalue weighted by Crippen LogP contribution is 2.33. The number of nitrogens with zero attached hydrogens (tertiary/aromatic N) is 4. The first-order valence-electron chi connectivity index (χ1n) is 9.05. The molecular formula is C20H14F3N5O3. The molecule has 0 bridgehead atoms. The van der Waals surface area contributed by atoms with Gasteiger partial charge in [0.1, 0.15) is 30.0 Å². The summed E-state index contributed by atoms with van der Waals surface area (Å²) in [6.07, 6.45) is -2.75. The van der Waals surface area contributed by atoms with Gasteiger partial charge in [-0.3, -0.25) is 9.55 Å². The number of pyridine rings is 1. The van der Waals surface area contributed by atoms with Gasteiger partial charge >= 0.3 is 11.9 Å². The molecule has 1 aliphatic heterocycles. The van der Waals surface area contributed by atoms with Crippen LogP contribution in [0.4, 0.5) is 19.0 Å². The van der Waals surface area contributed by atoms with Gasteiger partial charge in [0.2, 0.25) is 5.88 Å². The molecule has 0 saturated carbocycles. The predicted molar refractivity (Wildman–Crippen MR) is 102 cm³/mol. The maximum Gasteiger partial charge on any atom is 0.418 e. The van der Waals surface area contributed by atoms with Gasteiger partial charge in [-0.15, -0.1) is 0 Å². The molecule has 0 atom stereocenters. The molecule has 11 heteroatoms. The zero-order chi connectivity index (χ0) is 22.0. The Morgan fingerprint density at radius 1 is 1.23 bits per heavy atom. The van der Waals surface area contributed by atoms with Gasteiger partial charge in [-0.1, -0.05) is 6.07 Å². The SMILES string of the molecule is N#Cc1cc(COc2cc3n(c(=O)n2)CCN3)ccc1Oc1cncc(C(F)(F)F)c1. The molecule has 4 rings (SSSR count). The number of aromatic nitrogens is 3. The lowest BCUT2D eigenvalue weighted by Gasteiger charge is -2.12. The van der Waals surface area contributed by atoms with Crippen LogP contribution in [0.5, 0.6) is 17.4 Å². The van der Waals surface area contributed by atoms with Gasteiger partial charge in [0.25, 0.3) is 0 Å². The Hall–Kier alpha value is -4.07. The van der Waals surface area contributed by atoms with Crippen molar-refractivity contribution in [3.63, 3.8) is 0 Å². The van der Waals surface area contributed by atoms with Gasteiger partial charge in [0, 0.05) is 25.4 Å². The number of alkyl halides is 3. The Morgan fingerprint density at radius 2 is 2.06 bits per heavy atom. The average molecular weight is 429 g/mol. The first kappa shape index (κ1) is 20.2. The zero-order valence-electron chi connectivity index (χ0n) is 15.8. The molecule has 3 heterocycles. The number of rotatable bonds is 5. The van der Waals surface area contributed by atoms with Gasteiger partial charge < -0.3 is 14.8 Å². The summed E-state index contributed by atoms with van der Waals surface area (Å²) in [6, 6.07) is 8.87. The highest BCUT2D eigenvalue weighted by molar-refractivity contribution is 5.47. The van der Waals surface area contributed by atoms with E-state index in [1.165, 1.54) is 16.7 Å². The van der Waals surface area contributed by atoms with Crippen LogP contribution in [0.1, 0.15) is 16.7 Å². The van der Waals surface area contributed by atoms with Crippen molar-refractivity contribution in [2.75, 3.05) is 11.9 Å². The van der Waals surface area contributed by atoms with Crippen molar-refractivity contribution < 1.29 is 22.6 Å². The van der Waals surface area contributed by atoms with Crippen LogP contribution in [0.25, 0.3) is 0 Å². The van der Waals surface area contributed by atoms with Crippen molar-refractivity contribution in [3.05, 3.63) is 69.9 Å². The van der Waals surface area contributed by atoms with Crippen molar-refractivity contribution in [2.45, 2.75) is 19.3 Å². The maximum atomic E-state index is 12.8. The average Bonchev–Trinajstić information content (AvgIpc) is 3.22. The molecule has 1 aromatic carbocycles. The third-order valence-electron chi connectivity index (χ3n) is 4.45. The molecule has 1 aliphatic rings. The zero-order valence-corrected chi connectivity index (χ0v) is 15.8. The molecule has 0 unspecified atom stereocenters. The number of halogens is 3. The predicted octanol–water partition coefficient (Wildman–Crippen LogP) is 3.33. The van der Waals surface area contributed by atoms with Gasteiger partial charge in [-0.05, 0) is 23.8 Å². The molecule has 3 aromatic rings. The van der Waals surface area contributed by atoms with Crippen molar-refractivity contribution in [1.82, 2.24) is 14.5 Å². The Balaban J connectivity index is 1.49. The second-order valence-electron chi connectivity index (χ2n) is 6.58. The van der Waals surface area contributed by atoms with E-state index in [1.54, 1.807) is 12.1 Å². The van der Waals surface area contributed by atoms with Crippen LogP contribution >= 0.6 is 0 Å². The number of anilines is 1. The second kappa shape index (κ2) is 7.98. The van der Waals surface area contributed by atoms with E-state index in [0.29, 0.717) is 30.7 Å². The fraction of sp³-hybridized carbons (Fsp3) is 0.200. The summed E-state index contributed by atoms with van der Waals surface area (Å²) < 4.78 is 51.0. The summed E-state index contributed by atoms with van der Waals surface area (Å²) in [5.41, 5.74) is -0.696. The van der Waals surface area contributed by atoms with E-state index < -0.39 is 17.4 Å². The van der Waals surface area contributed by atoms with Crippen molar-refractivity contribution in [3.8, 4) is 23.4 Å². The Morgan fingerprint density at radius 3 is 2.84 bits per heavy atom. The van der Waals surface area contributed by atoms with Crippen LogP contribution in [0, 0.1) is 11.3 Å². The summed E-state index contributed by atoms with van der Waals surface area (Å²) in [5.74, 6) is 0.682. The molecule has 8 nitrogen and oxygen atoms in total. The standard InChI is InChI=1S/C20H14F3N5O3/c21-20(22,23)14-6-15(10-25-9-14)31-16-2-1-12(5-13(16)8-24)11-30-18-7-17-26-3-4-28(17)19(29)27-18/h1-2,5-7,9-10,26H,3-4,11H2. The van der Waals surface area contributed by atoms with E-state index in [0.717, 1.165) is 12.3 Å². The lowest BCUT2D eigenvalue weighted by molar-refractivity contribution is -0.137. The maximum absolute atomic E-state index is 12.8. The first-order valence-corrected chi connectivity index (χ1v) is 9.05. The van der Waals surface area contributed by atoms with Crippen molar-refractivity contribution >= 4 is 5.82 Å². The lowest BCUT2D eigenvalue weighted by Crippen LogP contribution is -2.21. The summed E-state index contributed by atoms with van der Waals surface area (Å²) in [7, 11) is 0. The Bertz CT molecular complexity index is 1230. The largest absolute Gasteiger partial charge is 0.473 e. The number of fused-ring (bicyclic) bond motifs is 1. The van der Waals surface area contributed by atoms with E-state index in [4.69, 9.17) is 9.47 Å². The number of nitrogens with one attached hydrogen (secondary N) is 1. The van der Waals surface area contributed by atoms with E-state index in [-0.39, 0.29) is 29.5 Å². The van der Waals surface area contributed by atoms with Crippen LogP contribution in [0.15, 0.2) is 47.5 Å². The second-order valence-corrected chi connectivity index (χ2v) is 6.58. The van der Waals surface area contributed by atoms with Crippen LogP contribution in [0.2, 0.25) is 0 Å². The number of hydrogen-bond donors (Lipinski definition) is 1. The fourth-order valence-corrected chi connectivity index (χ4v) is 2.97. The van der Waals surface area contributed by atoms with E-state index in [9.17, 15) is 23.2 Å². The molecule has 0 saturated heterocycles. The van der Waals surface area contributed by atoms with Gasteiger partial charge in [0.15, 0.2) is 0 Å². The molecule has 0 fully saturated rings. The van der Waals surface area contributed by atoms with Gasteiger partial charge in [0.05, 0.1) is 17.3 Å². The lowest BCUT2D eigenvalue weighted by atomic mass is 10.1. The highest BCUT2D eigenvalue weighted by Gasteiger charge is 2.31. The van der Waals surface area contributed by atoms with Crippen LogP contribution in [0.3, 0.4) is 0 Å². The number of benzene rings is 1. The molecule has 0 radical (unpaired) electrons. The molecule has 1 N–H and O–H groups in total. The highest BCUT2D eigenvalue weighted by atomic mass is 19.4. The molecule has 158 valence electrons. The van der Waals surface area contributed by atoms with Gasteiger partial charge in [-0.2, -0.15) is 23.4 Å². The molecule has 0 aliphatic carbocycles. The van der Waals surface area contributed by atoms with Crippen LogP contribution in [-0.2, 0) is 19.3 Å².